The summed E-state index contributed by atoms with van der Waals surface area (Å²) in [6.07, 6.45) is 6.03. The van der Waals surface area contributed by atoms with E-state index in [4.69, 9.17) is 5.73 Å². The Morgan fingerprint density at radius 2 is 1.89 bits per heavy atom. The van der Waals surface area contributed by atoms with Crippen LogP contribution in [0.2, 0.25) is 0 Å². The Hall–Kier alpha value is -1.71. The van der Waals surface area contributed by atoms with Crippen molar-refractivity contribution in [2.45, 2.75) is 51.2 Å². The largest absolute Gasteiger partial charge is 0.399 e. The standard InChI is InChI=1S/C15H21N3O/c16-13-7-6-11-9-18(10-12(11)8-13)15(19)17-14-4-2-1-3-5-14/h6-8,14H,1-5,9-10,16H2,(H,17,19). The molecule has 0 spiro atoms. The number of nitrogen functional groups attached to an aromatic ring is 1. The van der Waals surface area contributed by atoms with Gasteiger partial charge >= 0.3 is 6.03 Å². The van der Waals surface area contributed by atoms with E-state index in [1.807, 2.05) is 23.1 Å². The van der Waals surface area contributed by atoms with Crippen LogP contribution in [0.15, 0.2) is 18.2 Å². The average Bonchev–Trinajstić information content (AvgIpc) is 2.83. The van der Waals surface area contributed by atoms with Crippen LogP contribution in [0.4, 0.5) is 10.5 Å². The molecule has 1 aliphatic carbocycles. The van der Waals surface area contributed by atoms with Gasteiger partial charge in [-0.05, 0) is 36.1 Å². The number of carbonyl (C=O) groups is 1. The normalized spacial score (nSPS) is 19.3. The number of nitrogens with one attached hydrogen (secondary N) is 1. The molecule has 0 aromatic heterocycles. The van der Waals surface area contributed by atoms with Crippen LogP contribution in [0.5, 0.6) is 0 Å². The van der Waals surface area contributed by atoms with Crippen molar-refractivity contribution in [2.24, 2.45) is 0 Å². The second-order valence-electron chi connectivity index (χ2n) is 5.67. The maximum absolute atomic E-state index is 12.3. The van der Waals surface area contributed by atoms with Gasteiger partial charge in [-0.2, -0.15) is 0 Å². The summed E-state index contributed by atoms with van der Waals surface area (Å²) in [5.41, 5.74) is 8.95. The fourth-order valence-electron chi connectivity index (χ4n) is 3.07. The van der Waals surface area contributed by atoms with Crippen LogP contribution in [-0.4, -0.2) is 17.0 Å². The van der Waals surface area contributed by atoms with Gasteiger partial charge < -0.3 is 16.0 Å². The molecule has 3 rings (SSSR count). The lowest BCUT2D eigenvalue weighted by atomic mass is 9.96. The summed E-state index contributed by atoms with van der Waals surface area (Å²) < 4.78 is 0. The summed E-state index contributed by atoms with van der Waals surface area (Å²) in [5, 5.41) is 3.17. The molecule has 4 nitrogen and oxygen atoms in total. The Morgan fingerprint density at radius 3 is 2.68 bits per heavy atom. The van der Waals surface area contributed by atoms with E-state index in [2.05, 4.69) is 5.32 Å². The zero-order chi connectivity index (χ0) is 13.2. The summed E-state index contributed by atoms with van der Waals surface area (Å²) >= 11 is 0. The van der Waals surface area contributed by atoms with Crippen molar-refractivity contribution >= 4 is 11.7 Å². The van der Waals surface area contributed by atoms with Gasteiger partial charge in [-0.1, -0.05) is 25.3 Å². The SMILES string of the molecule is Nc1ccc2c(c1)CN(C(=O)NC1CCCCC1)C2. The topological polar surface area (TPSA) is 58.4 Å². The quantitative estimate of drug-likeness (QED) is 0.762. The minimum absolute atomic E-state index is 0.0710. The summed E-state index contributed by atoms with van der Waals surface area (Å²) in [7, 11) is 0. The predicted molar refractivity (Wildman–Crippen MR) is 75.5 cm³/mol. The van der Waals surface area contributed by atoms with Crippen LogP contribution in [-0.2, 0) is 13.1 Å². The lowest BCUT2D eigenvalue weighted by Crippen LogP contribution is -2.43. The summed E-state index contributed by atoms with van der Waals surface area (Å²) in [4.78, 5) is 14.1. The number of benzene rings is 1. The van der Waals surface area contributed by atoms with E-state index in [0.29, 0.717) is 19.1 Å². The molecule has 19 heavy (non-hydrogen) atoms. The summed E-state index contributed by atoms with van der Waals surface area (Å²) in [6.45, 7) is 1.38. The minimum atomic E-state index is 0.0710. The molecule has 1 fully saturated rings. The minimum Gasteiger partial charge on any atom is -0.399 e. The number of nitrogens with zero attached hydrogens (tertiary/aromatic N) is 1. The van der Waals surface area contributed by atoms with E-state index in [1.54, 1.807) is 0 Å². The van der Waals surface area contributed by atoms with Gasteiger partial charge in [0.2, 0.25) is 0 Å². The number of rotatable bonds is 1. The molecule has 1 aromatic carbocycles. The summed E-state index contributed by atoms with van der Waals surface area (Å²) in [6, 6.07) is 6.35. The molecule has 2 aliphatic rings. The molecule has 102 valence electrons. The van der Waals surface area contributed by atoms with Crippen LogP contribution < -0.4 is 11.1 Å². The van der Waals surface area contributed by atoms with Gasteiger partial charge in [0.15, 0.2) is 0 Å². The molecule has 1 aliphatic heterocycles. The monoisotopic (exact) mass is 259 g/mol. The van der Waals surface area contributed by atoms with Gasteiger partial charge in [-0.15, -0.1) is 0 Å². The van der Waals surface area contributed by atoms with Gasteiger partial charge in [-0.3, -0.25) is 0 Å². The van der Waals surface area contributed by atoms with Crippen LogP contribution >= 0.6 is 0 Å². The molecule has 0 saturated heterocycles. The van der Waals surface area contributed by atoms with Crippen molar-refractivity contribution < 1.29 is 4.79 Å². The second kappa shape index (κ2) is 5.11. The van der Waals surface area contributed by atoms with Crippen molar-refractivity contribution in [3.63, 3.8) is 0 Å². The van der Waals surface area contributed by atoms with E-state index in [9.17, 15) is 4.79 Å². The predicted octanol–water partition coefficient (Wildman–Crippen LogP) is 2.63. The van der Waals surface area contributed by atoms with Crippen LogP contribution in [0.25, 0.3) is 0 Å². The number of amides is 2. The van der Waals surface area contributed by atoms with Gasteiger partial charge in [-0.25, -0.2) is 4.79 Å². The lowest BCUT2D eigenvalue weighted by molar-refractivity contribution is 0.190. The number of hydrogen-bond donors (Lipinski definition) is 2. The van der Waals surface area contributed by atoms with Crippen molar-refractivity contribution in [2.75, 3.05) is 5.73 Å². The van der Waals surface area contributed by atoms with Crippen molar-refractivity contribution in [3.8, 4) is 0 Å². The molecule has 1 aromatic rings. The Morgan fingerprint density at radius 1 is 1.16 bits per heavy atom. The number of hydrogen-bond acceptors (Lipinski definition) is 2. The van der Waals surface area contributed by atoms with Gasteiger partial charge in [0, 0.05) is 24.8 Å². The molecule has 3 N–H and O–H groups in total. The number of nitrogens with two attached hydrogens (primary N) is 1. The van der Waals surface area contributed by atoms with Crippen LogP contribution in [0, 0.1) is 0 Å². The molecular formula is C15H21N3O. The zero-order valence-corrected chi connectivity index (χ0v) is 11.2. The third-order valence-electron chi connectivity index (χ3n) is 4.17. The molecule has 0 atom stereocenters. The highest BCUT2D eigenvalue weighted by molar-refractivity contribution is 5.75. The highest BCUT2D eigenvalue weighted by Crippen LogP contribution is 2.25. The van der Waals surface area contributed by atoms with Crippen LogP contribution in [0.3, 0.4) is 0 Å². The average molecular weight is 259 g/mol. The Bertz CT molecular complexity index is 480. The molecule has 2 amide bonds. The fraction of sp³-hybridized carbons (Fsp3) is 0.533. The van der Waals surface area contributed by atoms with E-state index < -0.39 is 0 Å². The number of anilines is 1. The Labute approximate surface area is 114 Å². The Kier molecular flexibility index (Phi) is 3.32. The van der Waals surface area contributed by atoms with E-state index >= 15 is 0 Å². The summed E-state index contributed by atoms with van der Waals surface area (Å²) in [5.74, 6) is 0. The van der Waals surface area contributed by atoms with Crippen molar-refractivity contribution in [3.05, 3.63) is 29.3 Å². The van der Waals surface area contributed by atoms with Gasteiger partial charge in [0.05, 0.1) is 0 Å². The highest BCUT2D eigenvalue weighted by atomic mass is 16.2. The van der Waals surface area contributed by atoms with Gasteiger partial charge in [0.25, 0.3) is 0 Å². The van der Waals surface area contributed by atoms with Crippen molar-refractivity contribution in [1.82, 2.24) is 10.2 Å². The third-order valence-corrected chi connectivity index (χ3v) is 4.17. The van der Waals surface area contributed by atoms with Gasteiger partial charge in [0.1, 0.15) is 0 Å². The van der Waals surface area contributed by atoms with E-state index in [1.165, 1.54) is 30.4 Å². The third kappa shape index (κ3) is 2.67. The Balaban J connectivity index is 1.60. The first-order valence-corrected chi connectivity index (χ1v) is 7.15. The molecule has 0 bridgehead atoms. The second-order valence-corrected chi connectivity index (χ2v) is 5.67. The molecule has 1 saturated carbocycles. The first-order valence-electron chi connectivity index (χ1n) is 7.15. The van der Waals surface area contributed by atoms with E-state index in [-0.39, 0.29) is 6.03 Å². The highest BCUT2D eigenvalue weighted by Gasteiger charge is 2.25. The number of fused-ring (bicyclic) bond motifs is 1. The first kappa shape index (κ1) is 12.3. The number of urea groups is 1. The smallest absolute Gasteiger partial charge is 0.318 e. The number of carbonyl (C=O) groups excluding carboxylic acids is 1. The maximum atomic E-state index is 12.3. The molecule has 1 heterocycles. The van der Waals surface area contributed by atoms with E-state index in [0.717, 1.165) is 18.5 Å². The fourth-order valence-corrected chi connectivity index (χ4v) is 3.07. The first-order chi connectivity index (χ1) is 9.22. The lowest BCUT2D eigenvalue weighted by Gasteiger charge is -2.25. The molecular weight excluding hydrogens is 238 g/mol. The maximum Gasteiger partial charge on any atom is 0.318 e. The zero-order valence-electron chi connectivity index (χ0n) is 11.2. The molecule has 4 heteroatoms. The molecule has 0 unspecified atom stereocenters. The van der Waals surface area contributed by atoms with Crippen molar-refractivity contribution in [1.29, 1.82) is 0 Å². The van der Waals surface area contributed by atoms with Crippen LogP contribution in [0.1, 0.15) is 43.2 Å². The molecule has 0 radical (unpaired) electrons.